The molecule has 0 aliphatic rings. The molecule has 5 unspecified atom stereocenters. The van der Waals surface area contributed by atoms with Gasteiger partial charge in [-0.1, -0.05) is 328 Å². The monoisotopic (exact) mass is 1540 g/mol. The molecule has 16 nitrogen and oxygen atoms in total. The Balaban J connectivity index is 4.40. The fraction of sp³-hybridized carbons (Fsp3) is 0.719. The molecule has 107 heavy (non-hydrogen) atoms. The van der Waals surface area contributed by atoms with Crippen molar-refractivity contribution in [1.82, 2.24) is 0 Å². The lowest BCUT2D eigenvalue weighted by atomic mass is 10.0. The Morgan fingerprint density at radius 1 is 0.271 bits per heavy atom. The molecule has 0 aromatic rings. The van der Waals surface area contributed by atoms with Crippen LogP contribution < -0.4 is 0 Å². The topological polar surface area (TPSA) is 231 Å². The summed E-state index contributed by atoms with van der Waals surface area (Å²) in [5.74, 6) is -1.59. The summed E-state index contributed by atoms with van der Waals surface area (Å²) in [6.45, 7) is 2.53. The lowest BCUT2D eigenvalue weighted by Crippen LogP contribution is -2.30. The third kappa shape index (κ3) is 82.5. The van der Waals surface area contributed by atoms with Crippen molar-refractivity contribution in [3.63, 3.8) is 0 Å². The van der Waals surface area contributed by atoms with Crippen LogP contribution in [0.25, 0.3) is 0 Å². The van der Waals surface area contributed by atoms with E-state index >= 15 is 0 Å². The summed E-state index contributed by atoms with van der Waals surface area (Å²) in [6.07, 6.45) is 99.4. The lowest BCUT2D eigenvalue weighted by molar-refractivity contribution is -0.161. The first kappa shape index (κ1) is 103. The Hall–Kier alpha value is -4.31. The molecule has 0 heterocycles. The van der Waals surface area contributed by atoms with Gasteiger partial charge in [-0.15, -0.1) is 0 Å². The number of hydrogen-bond acceptors (Lipinski definition) is 14. The molecule has 0 aromatic carbocycles. The van der Waals surface area contributed by atoms with Crippen molar-refractivity contribution >= 4 is 33.6 Å². The fourth-order valence-corrected chi connectivity index (χ4v) is 13.0. The Bertz CT molecular complexity index is 2480. The van der Waals surface area contributed by atoms with Crippen LogP contribution in [0.15, 0.2) is 134 Å². The molecular formula is C89H154O16P2. The maximum atomic E-state index is 13.0. The minimum absolute atomic E-state index is 0.0911. The van der Waals surface area contributed by atoms with Gasteiger partial charge in [-0.2, -0.15) is 0 Å². The molecule has 0 aliphatic heterocycles. The van der Waals surface area contributed by atoms with Crippen LogP contribution in [0.2, 0.25) is 0 Å². The van der Waals surface area contributed by atoms with Gasteiger partial charge in [0, 0.05) is 19.3 Å². The Morgan fingerprint density at radius 3 is 0.813 bits per heavy atom. The molecule has 616 valence electrons. The normalized spacial score (nSPS) is 14.6. The van der Waals surface area contributed by atoms with E-state index in [1.54, 1.807) is 0 Å². The third-order valence-electron chi connectivity index (χ3n) is 17.8. The largest absolute Gasteiger partial charge is 0.472 e. The van der Waals surface area contributed by atoms with Crippen LogP contribution in [-0.4, -0.2) is 95.9 Å². The number of phosphoric acid groups is 2. The van der Waals surface area contributed by atoms with Crippen LogP contribution in [0, 0.1) is 0 Å². The highest BCUT2D eigenvalue weighted by molar-refractivity contribution is 7.47. The number of allylic oxidation sites excluding steroid dienone is 22. The molecule has 0 rings (SSSR count). The number of rotatable bonds is 80. The number of aliphatic hydroxyl groups is 2. The van der Waals surface area contributed by atoms with Gasteiger partial charge < -0.3 is 34.2 Å². The predicted octanol–water partition coefficient (Wildman–Crippen LogP) is 25.4. The number of ether oxygens (including phenoxy) is 3. The molecule has 0 saturated carbocycles. The first-order valence-electron chi connectivity index (χ1n) is 42.5. The number of carbonyl (C=O) groups excluding carboxylic acids is 3. The van der Waals surface area contributed by atoms with E-state index in [4.69, 9.17) is 32.3 Å². The second-order valence-corrected chi connectivity index (χ2v) is 31.2. The second-order valence-electron chi connectivity index (χ2n) is 28.2. The summed E-state index contributed by atoms with van der Waals surface area (Å²) in [5, 5.41) is 20.7. The Labute approximate surface area is 652 Å². The van der Waals surface area contributed by atoms with Crippen LogP contribution in [-0.2, 0) is 55.8 Å². The van der Waals surface area contributed by atoms with Crippen LogP contribution in [0.1, 0.15) is 355 Å². The molecule has 0 radical (unpaired) electrons. The van der Waals surface area contributed by atoms with E-state index in [9.17, 15) is 43.5 Å². The van der Waals surface area contributed by atoms with Gasteiger partial charge in [0.25, 0.3) is 0 Å². The standard InChI is InChI=1S/C89H154O16P2/c1-4-7-10-13-16-19-22-25-27-29-31-33-35-36-37-38-39-40-41-42-43-44-45-46-48-50-51-53-55-58-60-63-66-69-72-75-87(92)99-78-84(90)79-101-106(95,96)102-80-85(91)81-103-107(97,98)104-83-86(105-89(94)77-74-71-68-65-62-57-24-21-18-15-12-9-6-3)82-100-88(93)76-73-70-67-64-61-59-56-54-52-49-47-34-32-30-28-26-23-20-17-14-11-8-5-2/h7,10,16-17,19-21,24-28,31-34,36-37,39-40,49,52,84-86,90-91H,4-6,8-9,11-15,18,22-23,29-30,35,38,41-48,50-51,53-83H2,1-3H3,(H,95,96)(H,97,98)/b10-7-,19-16-,20-17-,24-21-,27-25-,28-26-,33-31-,34-32-,37-36-,40-39-,52-49-. The van der Waals surface area contributed by atoms with Crippen LogP contribution in [0.4, 0.5) is 0 Å². The summed E-state index contributed by atoms with van der Waals surface area (Å²) in [6, 6.07) is 0. The first-order valence-corrected chi connectivity index (χ1v) is 45.5. The van der Waals surface area contributed by atoms with Gasteiger partial charge in [-0.05, 0) is 141 Å². The van der Waals surface area contributed by atoms with Gasteiger partial charge in [-0.25, -0.2) is 9.13 Å². The van der Waals surface area contributed by atoms with Crippen LogP contribution in [0.5, 0.6) is 0 Å². The summed E-state index contributed by atoms with van der Waals surface area (Å²) < 4.78 is 61.2. The zero-order valence-electron chi connectivity index (χ0n) is 67.5. The zero-order chi connectivity index (χ0) is 78.0. The maximum Gasteiger partial charge on any atom is 0.472 e. The van der Waals surface area contributed by atoms with Crippen molar-refractivity contribution in [2.45, 2.75) is 373 Å². The van der Waals surface area contributed by atoms with E-state index in [-0.39, 0.29) is 19.3 Å². The van der Waals surface area contributed by atoms with Gasteiger partial charge in [-0.3, -0.25) is 32.5 Å². The highest BCUT2D eigenvalue weighted by atomic mass is 31.2. The molecule has 4 N–H and O–H groups in total. The fourth-order valence-electron chi connectivity index (χ4n) is 11.4. The minimum Gasteiger partial charge on any atom is -0.463 e. The van der Waals surface area contributed by atoms with Crippen molar-refractivity contribution in [3.05, 3.63) is 134 Å². The number of unbranched alkanes of at least 4 members (excludes halogenated alkanes) is 35. The highest BCUT2D eigenvalue weighted by Crippen LogP contribution is 2.45. The molecule has 0 saturated heterocycles. The molecule has 18 heteroatoms. The molecule has 0 bridgehead atoms. The lowest BCUT2D eigenvalue weighted by Gasteiger charge is -2.21. The van der Waals surface area contributed by atoms with Crippen molar-refractivity contribution in [1.29, 1.82) is 0 Å². The van der Waals surface area contributed by atoms with Gasteiger partial charge in [0.1, 0.15) is 25.4 Å². The minimum atomic E-state index is -4.94. The average molecular weight is 1540 g/mol. The average Bonchev–Trinajstić information content (AvgIpc) is 0.909. The molecule has 0 aromatic heterocycles. The molecule has 0 amide bonds. The van der Waals surface area contributed by atoms with E-state index < -0.39 is 91.5 Å². The third-order valence-corrected chi connectivity index (χ3v) is 19.7. The van der Waals surface area contributed by atoms with Crippen LogP contribution in [0.3, 0.4) is 0 Å². The summed E-state index contributed by atoms with van der Waals surface area (Å²) in [5.41, 5.74) is 0. The number of esters is 3. The molecule has 0 aliphatic carbocycles. The molecule has 5 atom stereocenters. The Morgan fingerprint density at radius 2 is 0.495 bits per heavy atom. The Kier molecular flexibility index (Phi) is 77.9. The van der Waals surface area contributed by atoms with Crippen molar-refractivity contribution in [2.75, 3.05) is 39.6 Å². The number of aliphatic hydroxyl groups excluding tert-OH is 2. The van der Waals surface area contributed by atoms with E-state index in [0.717, 1.165) is 161 Å². The summed E-state index contributed by atoms with van der Waals surface area (Å²) >= 11 is 0. The van der Waals surface area contributed by atoms with Crippen LogP contribution >= 0.6 is 15.6 Å². The highest BCUT2D eigenvalue weighted by Gasteiger charge is 2.29. The number of carbonyl (C=O) groups is 3. The second kappa shape index (κ2) is 81.2. The van der Waals surface area contributed by atoms with Crippen molar-refractivity contribution in [2.24, 2.45) is 0 Å². The zero-order valence-corrected chi connectivity index (χ0v) is 69.3. The first-order chi connectivity index (χ1) is 52.2. The van der Waals surface area contributed by atoms with Gasteiger partial charge >= 0.3 is 33.6 Å². The quantitative estimate of drug-likeness (QED) is 0.0146. The van der Waals surface area contributed by atoms with Gasteiger partial charge in [0.2, 0.25) is 0 Å². The summed E-state index contributed by atoms with van der Waals surface area (Å²) in [4.78, 5) is 58.7. The van der Waals surface area contributed by atoms with E-state index in [1.165, 1.54) is 135 Å². The van der Waals surface area contributed by atoms with E-state index in [0.29, 0.717) is 19.3 Å². The van der Waals surface area contributed by atoms with Gasteiger partial charge in [0.15, 0.2) is 6.10 Å². The van der Waals surface area contributed by atoms with E-state index in [2.05, 4.69) is 154 Å². The number of phosphoric ester groups is 2. The van der Waals surface area contributed by atoms with Crippen molar-refractivity contribution < 1.29 is 75.8 Å². The number of hydrogen-bond donors (Lipinski definition) is 4. The SMILES string of the molecule is CC/C=C\C/C=C\C/C=C\C/C=C\C/C=C\C/C=C\CCCCCCCCCCCCCCCCCCC(=O)OCC(O)COP(=O)(O)OCC(O)COP(=O)(O)OCC(COC(=O)CCCCCCCCC/C=C\C/C=C\C/C=C\C/C=C\CCCCC)OC(=O)CCCCCCC/C=C\CCCCCC. The smallest absolute Gasteiger partial charge is 0.463 e. The maximum absolute atomic E-state index is 13.0. The summed E-state index contributed by atoms with van der Waals surface area (Å²) in [7, 11) is -9.79. The van der Waals surface area contributed by atoms with E-state index in [1.807, 2.05) is 0 Å². The molecule has 0 fully saturated rings. The van der Waals surface area contributed by atoms with Gasteiger partial charge in [0.05, 0.1) is 26.4 Å². The van der Waals surface area contributed by atoms with Crippen molar-refractivity contribution in [3.8, 4) is 0 Å². The molecule has 0 spiro atoms. The predicted molar refractivity (Wildman–Crippen MR) is 445 cm³/mol. The molecular weight excluding hydrogens is 1390 g/mol.